The Kier molecular flexibility index (Phi) is 4.86. The summed E-state index contributed by atoms with van der Waals surface area (Å²) in [5.41, 5.74) is 3.63. The molecule has 1 aliphatic rings. The summed E-state index contributed by atoms with van der Waals surface area (Å²) in [5, 5.41) is 0. The minimum atomic E-state index is -0.299. The topological polar surface area (TPSA) is 65.7 Å². The molecular weight excluding hydrogens is 256 g/mol. The van der Waals surface area contributed by atoms with E-state index in [1.807, 2.05) is 18.2 Å². The van der Waals surface area contributed by atoms with Crippen LogP contribution in [0.25, 0.3) is 0 Å². The zero-order valence-corrected chi connectivity index (χ0v) is 12.4. The Hall–Kier alpha value is -1.30. The summed E-state index contributed by atoms with van der Waals surface area (Å²) in [5.74, 6) is 7.19. The van der Waals surface area contributed by atoms with Gasteiger partial charge in [0.15, 0.2) is 11.5 Å². The summed E-state index contributed by atoms with van der Waals surface area (Å²) in [6.45, 7) is 2.88. The third-order valence-corrected chi connectivity index (χ3v) is 4.02. The van der Waals surface area contributed by atoms with E-state index in [4.69, 9.17) is 20.1 Å². The lowest BCUT2D eigenvalue weighted by Crippen LogP contribution is -2.48. The zero-order valence-electron chi connectivity index (χ0n) is 12.4. The van der Waals surface area contributed by atoms with Gasteiger partial charge in [-0.3, -0.25) is 11.3 Å². The molecule has 2 atom stereocenters. The maximum atomic E-state index is 5.99. The van der Waals surface area contributed by atoms with Crippen molar-refractivity contribution in [1.29, 1.82) is 0 Å². The van der Waals surface area contributed by atoms with Crippen LogP contribution in [-0.4, -0.2) is 26.4 Å². The minimum Gasteiger partial charge on any atom is -0.493 e. The average molecular weight is 280 g/mol. The van der Waals surface area contributed by atoms with E-state index in [0.29, 0.717) is 11.5 Å². The largest absolute Gasteiger partial charge is 0.493 e. The van der Waals surface area contributed by atoms with Crippen molar-refractivity contribution >= 4 is 0 Å². The Morgan fingerprint density at radius 1 is 1.25 bits per heavy atom. The normalized spacial score (nSPS) is 24.2. The van der Waals surface area contributed by atoms with Crippen LogP contribution in [0.2, 0.25) is 0 Å². The van der Waals surface area contributed by atoms with E-state index >= 15 is 0 Å². The highest BCUT2D eigenvalue weighted by molar-refractivity contribution is 5.44. The monoisotopic (exact) mass is 280 g/mol. The minimum absolute atomic E-state index is 0.0809. The summed E-state index contributed by atoms with van der Waals surface area (Å²) in [4.78, 5) is 0. The van der Waals surface area contributed by atoms with Gasteiger partial charge in [0.25, 0.3) is 0 Å². The zero-order chi connectivity index (χ0) is 14.6. The van der Waals surface area contributed by atoms with E-state index in [2.05, 4.69) is 12.3 Å². The quantitative estimate of drug-likeness (QED) is 0.639. The molecule has 0 spiro atoms. The molecule has 3 N–H and O–H groups in total. The molecule has 2 unspecified atom stereocenters. The molecule has 1 aromatic carbocycles. The molecule has 0 aromatic heterocycles. The van der Waals surface area contributed by atoms with Crippen molar-refractivity contribution in [3.63, 3.8) is 0 Å². The number of ether oxygens (including phenoxy) is 3. The van der Waals surface area contributed by atoms with Crippen molar-refractivity contribution < 1.29 is 14.2 Å². The standard InChI is InChI=1S/C15H24N2O3/c1-15(8-4-5-9-20-15)14(17-16)11-6-7-12(18-2)13(10-11)19-3/h6-7,10,14,17H,4-5,8-9,16H2,1-3H3. The second kappa shape index (κ2) is 6.43. The third-order valence-electron chi connectivity index (χ3n) is 4.02. The molecule has 1 aromatic rings. The lowest BCUT2D eigenvalue weighted by atomic mass is 9.84. The summed E-state index contributed by atoms with van der Waals surface area (Å²) in [6, 6.07) is 5.76. The van der Waals surface area contributed by atoms with Crippen molar-refractivity contribution in [3.8, 4) is 11.5 Å². The molecule has 1 fully saturated rings. The van der Waals surface area contributed by atoms with Gasteiger partial charge in [0.1, 0.15) is 0 Å². The Bertz CT molecular complexity index is 445. The number of hydrogen-bond donors (Lipinski definition) is 2. The highest BCUT2D eigenvalue weighted by Crippen LogP contribution is 2.38. The Morgan fingerprint density at radius 3 is 2.55 bits per heavy atom. The maximum absolute atomic E-state index is 5.99. The molecule has 0 aliphatic carbocycles. The van der Waals surface area contributed by atoms with Crippen molar-refractivity contribution in [2.75, 3.05) is 20.8 Å². The van der Waals surface area contributed by atoms with Crippen LogP contribution in [0, 0.1) is 0 Å². The van der Waals surface area contributed by atoms with Gasteiger partial charge >= 0.3 is 0 Å². The molecule has 0 amide bonds. The van der Waals surface area contributed by atoms with Crippen LogP contribution >= 0.6 is 0 Å². The molecule has 1 aliphatic heterocycles. The fourth-order valence-corrected chi connectivity index (χ4v) is 2.84. The van der Waals surface area contributed by atoms with E-state index in [9.17, 15) is 0 Å². The number of rotatable bonds is 5. The van der Waals surface area contributed by atoms with Gasteiger partial charge in [-0.15, -0.1) is 0 Å². The van der Waals surface area contributed by atoms with Gasteiger partial charge in [0.2, 0.25) is 0 Å². The first-order chi connectivity index (χ1) is 9.64. The number of hydrazine groups is 1. The van der Waals surface area contributed by atoms with Crippen molar-refractivity contribution in [2.45, 2.75) is 37.8 Å². The van der Waals surface area contributed by atoms with Crippen LogP contribution in [0.4, 0.5) is 0 Å². The predicted octanol–water partition coefficient (Wildman–Crippen LogP) is 2.17. The summed E-state index contributed by atoms with van der Waals surface area (Å²) < 4.78 is 16.6. The number of nitrogens with two attached hydrogens (primary N) is 1. The van der Waals surface area contributed by atoms with E-state index in [1.54, 1.807) is 14.2 Å². The van der Waals surface area contributed by atoms with Crippen molar-refractivity contribution in [3.05, 3.63) is 23.8 Å². The fraction of sp³-hybridized carbons (Fsp3) is 0.600. The van der Waals surface area contributed by atoms with Crippen LogP contribution in [-0.2, 0) is 4.74 Å². The molecule has 1 heterocycles. The summed E-state index contributed by atoms with van der Waals surface area (Å²) in [6.07, 6.45) is 3.25. The van der Waals surface area contributed by atoms with Gasteiger partial charge < -0.3 is 14.2 Å². The van der Waals surface area contributed by atoms with E-state index in [0.717, 1.165) is 31.4 Å². The molecule has 0 radical (unpaired) electrons. The van der Waals surface area contributed by atoms with Gasteiger partial charge in [-0.05, 0) is 43.9 Å². The molecule has 0 saturated carbocycles. The summed E-state index contributed by atoms with van der Waals surface area (Å²) in [7, 11) is 3.26. The van der Waals surface area contributed by atoms with Crippen LogP contribution < -0.4 is 20.7 Å². The van der Waals surface area contributed by atoms with Gasteiger partial charge in [-0.1, -0.05) is 6.07 Å². The van der Waals surface area contributed by atoms with Crippen molar-refractivity contribution in [2.24, 2.45) is 5.84 Å². The first-order valence-electron chi connectivity index (χ1n) is 6.96. The second-order valence-electron chi connectivity index (χ2n) is 5.33. The first kappa shape index (κ1) is 15.1. The van der Waals surface area contributed by atoms with E-state index < -0.39 is 0 Å². The van der Waals surface area contributed by atoms with Crippen LogP contribution in [0.5, 0.6) is 11.5 Å². The number of hydrogen-bond acceptors (Lipinski definition) is 5. The van der Waals surface area contributed by atoms with Gasteiger partial charge in [-0.25, -0.2) is 0 Å². The van der Waals surface area contributed by atoms with E-state index in [-0.39, 0.29) is 11.6 Å². The molecule has 1 saturated heterocycles. The van der Waals surface area contributed by atoms with Gasteiger partial charge in [0, 0.05) is 6.61 Å². The number of nitrogens with one attached hydrogen (secondary N) is 1. The molecule has 0 bridgehead atoms. The fourth-order valence-electron chi connectivity index (χ4n) is 2.84. The lowest BCUT2D eigenvalue weighted by Gasteiger charge is -2.40. The highest BCUT2D eigenvalue weighted by atomic mass is 16.5. The molecule has 5 heteroatoms. The van der Waals surface area contributed by atoms with Gasteiger partial charge in [-0.2, -0.15) is 0 Å². The molecule has 112 valence electrons. The SMILES string of the molecule is COc1ccc(C(NN)C2(C)CCCCO2)cc1OC. The second-order valence-corrected chi connectivity index (χ2v) is 5.33. The lowest BCUT2D eigenvalue weighted by molar-refractivity contribution is -0.0899. The van der Waals surface area contributed by atoms with E-state index in [1.165, 1.54) is 0 Å². The number of benzene rings is 1. The highest BCUT2D eigenvalue weighted by Gasteiger charge is 2.37. The Balaban J connectivity index is 2.31. The smallest absolute Gasteiger partial charge is 0.161 e. The maximum Gasteiger partial charge on any atom is 0.161 e. The predicted molar refractivity (Wildman–Crippen MR) is 77.8 cm³/mol. The van der Waals surface area contributed by atoms with Crippen LogP contribution in [0.15, 0.2) is 18.2 Å². The van der Waals surface area contributed by atoms with Crippen LogP contribution in [0.3, 0.4) is 0 Å². The first-order valence-corrected chi connectivity index (χ1v) is 6.96. The molecular formula is C15H24N2O3. The Morgan fingerprint density at radius 2 is 2.00 bits per heavy atom. The third kappa shape index (κ3) is 2.90. The molecule has 20 heavy (non-hydrogen) atoms. The van der Waals surface area contributed by atoms with Gasteiger partial charge in [0.05, 0.1) is 25.9 Å². The summed E-state index contributed by atoms with van der Waals surface area (Å²) >= 11 is 0. The van der Waals surface area contributed by atoms with Crippen molar-refractivity contribution in [1.82, 2.24) is 5.43 Å². The van der Waals surface area contributed by atoms with Crippen LogP contribution in [0.1, 0.15) is 37.8 Å². The molecule has 2 rings (SSSR count). The molecule has 5 nitrogen and oxygen atoms in total. The Labute approximate surface area is 120 Å². The number of methoxy groups -OCH3 is 2. The average Bonchev–Trinajstić information content (AvgIpc) is 2.48.